The average molecular weight is 138 g/mol. The molecule has 10 heavy (non-hydrogen) atoms. The third-order valence-electron chi connectivity index (χ3n) is 1.41. The van der Waals surface area contributed by atoms with Crippen LogP contribution in [0.15, 0.2) is 24.0 Å². The van der Waals surface area contributed by atoms with E-state index >= 15 is 0 Å². The second-order valence-corrected chi connectivity index (χ2v) is 2.23. The molecule has 0 spiro atoms. The number of ketones is 1. The number of rotatable bonds is 1. The van der Waals surface area contributed by atoms with Gasteiger partial charge in [0.2, 0.25) is 0 Å². The van der Waals surface area contributed by atoms with Crippen molar-refractivity contribution in [1.29, 1.82) is 0 Å². The van der Waals surface area contributed by atoms with Gasteiger partial charge in [-0.25, -0.2) is 0 Å². The molecule has 0 N–H and O–H groups in total. The first-order chi connectivity index (χ1) is 4.83. The summed E-state index contributed by atoms with van der Waals surface area (Å²) < 4.78 is 4.79. The first-order valence-corrected chi connectivity index (χ1v) is 3.25. The van der Waals surface area contributed by atoms with Crippen molar-refractivity contribution < 1.29 is 9.53 Å². The number of hydrogen-bond acceptors (Lipinski definition) is 2. The molecule has 0 atom stereocenters. The van der Waals surface area contributed by atoms with Crippen molar-refractivity contribution in [1.82, 2.24) is 0 Å². The van der Waals surface area contributed by atoms with Crippen LogP contribution in [0.1, 0.15) is 12.8 Å². The van der Waals surface area contributed by atoms with E-state index in [4.69, 9.17) is 4.74 Å². The minimum atomic E-state index is 0.202. The molecule has 1 aliphatic rings. The first kappa shape index (κ1) is 7.06. The molecular weight excluding hydrogens is 128 g/mol. The Hall–Kier alpha value is -1.05. The van der Waals surface area contributed by atoms with Crippen LogP contribution in [0, 0.1) is 0 Å². The van der Waals surface area contributed by atoms with Gasteiger partial charge >= 0.3 is 0 Å². The van der Waals surface area contributed by atoms with E-state index in [2.05, 4.69) is 0 Å². The largest absolute Gasteiger partial charge is 0.504 e. The number of methoxy groups -OCH3 is 1. The lowest BCUT2D eigenvalue weighted by atomic mass is 10.0. The summed E-state index contributed by atoms with van der Waals surface area (Å²) in [7, 11) is 1.61. The summed E-state index contributed by atoms with van der Waals surface area (Å²) in [6.07, 6.45) is 6.49. The second-order valence-electron chi connectivity index (χ2n) is 2.23. The molecule has 0 saturated heterocycles. The van der Waals surface area contributed by atoms with E-state index in [1.54, 1.807) is 25.5 Å². The van der Waals surface area contributed by atoms with Crippen LogP contribution in [0.25, 0.3) is 0 Å². The molecule has 54 valence electrons. The Kier molecular flexibility index (Phi) is 2.26. The molecule has 0 bridgehead atoms. The molecule has 0 amide bonds. The molecule has 2 nitrogen and oxygen atoms in total. The van der Waals surface area contributed by atoms with Crippen LogP contribution in [0.5, 0.6) is 0 Å². The fourth-order valence-electron chi connectivity index (χ4n) is 0.884. The molecule has 0 heterocycles. The van der Waals surface area contributed by atoms with E-state index in [1.165, 1.54) is 0 Å². The summed E-state index contributed by atoms with van der Waals surface area (Å²) in [6.45, 7) is 0. The summed E-state index contributed by atoms with van der Waals surface area (Å²) in [5.41, 5.74) is 1.09. The number of carbonyl (C=O) groups excluding carboxylic acids is 1. The van der Waals surface area contributed by atoms with Gasteiger partial charge in [-0.15, -0.1) is 0 Å². The minimum absolute atomic E-state index is 0.202. The Balaban J connectivity index is 2.61. The third kappa shape index (κ3) is 1.72. The topological polar surface area (TPSA) is 26.3 Å². The zero-order chi connectivity index (χ0) is 7.40. The summed E-state index contributed by atoms with van der Waals surface area (Å²) in [6, 6.07) is 0. The highest BCUT2D eigenvalue weighted by Gasteiger charge is 2.05. The maximum absolute atomic E-state index is 10.7. The zero-order valence-electron chi connectivity index (χ0n) is 5.96. The molecule has 2 heteroatoms. The standard InChI is InChI=1S/C8H10O2/c1-10-6-7-2-4-8(9)5-3-7/h2,4,6H,3,5H2,1H3/b7-6+. The monoisotopic (exact) mass is 138 g/mol. The van der Waals surface area contributed by atoms with Gasteiger partial charge in [-0.2, -0.15) is 0 Å². The molecular formula is C8H10O2. The van der Waals surface area contributed by atoms with Gasteiger partial charge in [0.05, 0.1) is 13.4 Å². The smallest absolute Gasteiger partial charge is 0.156 e. The van der Waals surface area contributed by atoms with Gasteiger partial charge in [-0.3, -0.25) is 4.79 Å². The molecule has 0 aromatic rings. The molecule has 0 saturated carbocycles. The van der Waals surface area contributed by atoms with Gasteiger partial charge < -0.3 is 4.74 Å². The van der Waals surface area contributed by atoms with Crippen molar-refractivity contribution in [2.75, 3.05) is 7.11 Å². The van der Waals surface area contributed by atoms with Gasteiger partial charge in [0.1, 0.15) is 0 Å². The van der Waals surface area contributed by atoms with E-state index in [1.807, 2.05) is 0 Å². The Labute approximate surface area is 60.2 Å². The Bertz CT molecular complexity index is 189. The maximum atomic E-state index is 10.7. The van der Waals surface area contributed by atoms with Crippen molar-refractivity contribution in [3.8, 4) is 0 Å². The predicted molar refractivity (Wildman–Crippen MR) is 38.5 cm³/mol. The van der Waals surface area contributed by atoms with Crippen molar-refractivity contribution >= 4 is 5.78 Å². The fourth-order valence-corrected chi connectivity index (χ4v) is 0.884. The van der Waals surface area contributed by atoms with E-state index in [-0.39, 0.29) is 5.78 Å². The van der Waals surface area contributed by atoms with E-state index < -0.39 is 0 Å². The SMILES string of the molecule is CO/C=C1\C=CC(=O)CC1. The molecule has 1 rings (SSSR count). The van der Waals surface area contributed by atoms with Crippen LogP contribution in [0.2, 0.25) is 0 Å². The summed E-state index contributed by atoms with van der Waals surface area (Å²) in [5.74, 6) is 0.202. The Morgan fingerprint density at radius 2 is 2.30 bits per heavy atom. The van der Waals surface area contributed by atoms with Crippen LogP contribution >= 0.6 is 0 Å². The Morgan fingerprint density at radius 3 is 2.80 bits per heavy atom. The summed E-state index contributed by atoms with van der Waals surface area (Å²) in [5, 5.41) is 0. The molecule has 0 radical (unpaired) electrons. The van der Waals surface area contributed by atoms with Crippen LogP contribution in [-0.2, 0) is 9.53 Å². The van der Waals surface area contributed by atoms with Crippen LogP contribution in [-0.4, -0.2) is 12.9 Å². The number of allylic oxidation sites excluding steroid dienone is 3. The van der Waals surface area contributed by atoms with Crippen molar-refractivity contribution in [3.05, 3.63) is 24.0 Å². The number of carbonyl (C=O) groups is 1. The van der Waals surface area contributed by atoms with Gasteiger partial charge in [0, 0.05) is 6.42 Å². The highest BCUT2D eigenvalue weighted by Crippen LogP contribution is 2.12. The van der Waals surface area contributed by atoms with Crippen molar-refractivity contribution in [3.63, 3.8) is 0 Å². The lowest BCUT2D eigenvalue weighted by Crippen LogP contribution is -1.99. The van der Waals surface area contributed by atoms with Crippen LogP contribution in [0.4, 0.5) is 0 Å². The maximum Gasteiger partial charge on any atom is 0.156 e. The van der Waals surface area contributed by atoms with Gasteiger partial charge in [-0.1, -0.05) is 6.08 Å². The highest BCUT2D eigenvalue weighted by atomic mass is 16.5. The molecule has 1 aliphatic carbocycles. The van der Waals surface area contributed by atoms with Crippen LogP contribution in [0.3, 0.4) is 0 Å². The molecule has 0 aromatic carbocycles. The van der Waals surface area contributed by atoms with E-state index in [9.17, 15) is 4.79 Å². The summed E-state index contributed by atoms with van der Waals surface area (Å²) >= 11 is 0. The lowest BCUT2D eigenvalue weighted by molar-refractivity contribution is -0.114. The zero-order valence-corrected chi connectivity index (χ0v) is 5.96. The van der Waals surface area contributed by atoms with Gasteiger partial charge in [0.25, 0.3) is 0 Å². The fraction of sp³-hybridized carbons (Fsp3) is 0.375. The average Bonchev–Trinajstić information content (AvgIpc) is 1.95. The first-order valence-electron chi connectivity index (χ1n) is 3.25. The normalized spacial score (nSPS) is 21.7. The molecule has 0 unspecified atom stereocenters. The second kappa shape index (κ2) is 3.20. The number of ether oxygens (including phenoxy) is 1. The molecule has 0 fully saturated rings. The highest BCUT2D eigenvalue weighted by molar-refractivity contribution is 5.91. The van der Waals surface area contributed by atoms with Crippen LogP contribution < -0.4 is 0 Å². The van der Waals surface area contributed by atoms with Crippen molar-refractivity contribution in [2.24, 2.45) is 0 Å². The lowest BCUT2D eigenvalue weighted by Gasteiger charge is -2.04. The Morgan fingerprint density at radius 1 is 1.50 bits per heavy atom. The minimum Gasteiger partial charge on any atom is -0.504 e. The van der Waals surface area contributed by atoms with Gasteiger partial charge in [-0.05, 0) is 18.1 Å². The predicted octanol–water partition coefficient (Wildman–Crippen LogP) is 1.44. The van der Waals surface area contributed by atoms with Crippen molar-refractivity contribution in [2.45, 2.75) is 12.8 Å². The quantitative estimate of drug-likeness (QED) is 0.512. The third-order valence-corrected chi connectivity index (χ3v) is 1.41. The van der Waals surface area contributed by atoms with E-state index in [0.717, 1.165) is 12.0 Å². The van der Waals surface area contributed by atoms with E-state index in [0.29, 0.717) is 6.42 Å². The van der Waals surface area contributed by atoms with Gasteiger partial charge in [0.15, 0.2) is 5.78 Å². The summed E-state index contributed by atoms with van der Waals surface area (Å²) in [4.78, 5) is 10.7. The molecule has 0 aliphatic heterocycles. The molecule has 0 aromatic heterocycles. The number of hydrogen-bond donors (Lipinski definition) is 0.